The summed E-state index contributed by atoms with van der Waals surface area (Å²) in [5, 5.41) is 6.71. The van der Waals surface area contributed by atoms with Crippen LogP contribution in [0, 0.1) is 0 Å². The Morgan fingerprint density at radius 3 is 2.23 bits per heavy atom. The van der Waals surface area contributed by atoms with Crippen molar-refractivity contribution in [1.29, 1.82) is 0 Å². The first-order valence-electron chi connectivity index (χ1n) is 13.1. The van der Waals surface area contributed by atoms with Gasteiger partial charge in [0.25, 0.3) is 11.8 Å². The molecule has 1 aromatic heterocycles. The largest absolute Gasteiger partial charge is 0.322 e. The molecule has 192 valence electrons. The summed E-state index contributed by atoms with van der Waals surface area (Å²) in [5.74, 6) is -0.607. The normalized spacial score (nSPS) is 12.7. The molecule has 0 saturated carbocycles. The van der Waals surface area contributed by atoms with Gasteiger partial charge in [-0.05, 0) is 59.5 Å². The number of nitrogens with zero attached hydrogens (tertiary/aromatic N) is 2. The van der Waals surface area contributed by atoms with Crippen LogP contribution in [0.15, 0.2) is 109 Å². The zero-order valence-electron chi connectivity index (χ0n) is 21.4. The minimum absolute atomic E-state index is 0.287. The Morgan fingerprint density at radius 2 is 1.44 bits per heavy atom. The number of fused-ring (bicyclic) bond motifs is 2. The second-order valence-electron chi connectivity index (χ2n) is 9.80. The van der Waals surface area contributed by atoms with E-state index in [4.69, 9.17) is 0 Å². The highest BCUT2D eigenvalue weighted by Gasteiger charge is 2.18. The minimum Gasteiger partial charge on any atom is -0.322 e. The van der Waals surface area contributed by atoms with E-state index in [9.17, 15) is 9.59 Å². The number of nitrogens with one attached hydrogen (secondary N) is 2. The van der Waals surface area contributed by atoms with Gasteiger partial charge in [0.2, 0.25) is 0 Å². The molecule has 2 N–H and O–H groups in total. The molecule has 2 amide bonds. The van der Waals surface area contributed by atoms with Crippen LogP contribution >= 0.6 is 0 Å². The van der Waals surface area contributed by atoms with Crippen molar-refractivity contribution in [3.8, 4) is 0 Å². The maximum Gasteiger partial charge on any atom is 0.257 e. The van der Waals surface area contributed by atoms with Gasteiger partial charge in [-0.3, -0.25) is 19.5 Å². The number of pyridine rings is 1. The van der Waals surface area contributed by atoms with Crippen molar-refractivity contribution in [2.45, 2.75) is 19.5 Å². The van der Waals surface area contributed by atoms with Crippen LogP contribution in [0.1, 0.15) is 37.4 Å². The molecule has 39 heavy (non-hydrogen) atoms. The number of para-hydroxylation sites is 2. The van der Waals surface area contributed by atoms with Crippen molar-refractivity contribution in [3.63, 3.8) is 0 Å². The molecule has 0 bridgehead atoms. The Kier molecular flexibility index (Phi) is 6.85. The lowest BCUT2D eigenvalue weighted by molar-refractivity contribution is 0.102. The van der Waals surface area contributed by atoms with E-state index < -0.39 is 0 Å². The average Bonchev–Trinajstić information content (AvgIpc) is 3.40. The second kappa shape index (κ2) is 10.9. The lowest BCUT2D eigenvalue weighted by Crippen LogP contribution is -2.19. The van der Waals surface area contributed by atoms with Gasteiger partial charge in [-0.15, -0.1) is 0 Å². The highest BCUT2D eigenvalue weighted by molar-refractivity contribution is 6.12. The Bertz CT molecular complexity index is 1640. The third-order valence-electron chi connectivity index (χ3n) is 7.11. The monoisotopic (exact) mass is 512 g/mol. The SMILES string of the molecule is O=C(Nc1ccccc1C(=O)Nc1ccc(CCN2Cc3ccccc3C2)cc1)c1cnc2ccccc2c1. The average molecular weight is 513 g/mol. The molecule has 6 rings (SSSR count). The summed E-state index contributed by atoms with van der Waals surface area (Å²) in [4.78, 5) is 32.9. The molecular formula is C33H28N4O2. The van der Waals surface area contributed by atoms with E-state index in [2.05, 4.69) is 56.9 Å². The van der Waals surface area contributed by atoms with Gasteiger partial charge in [-0.25, -0.2) is 0 Å². The van der Waals surface area contributed by atoms with Gasteiger partial charge >= 0.3 is 0 Å². The fourth-order valence-corrected chi connectivity index (χ4v) is 4.98. The Hall–Kier alpha value is -4.81. The predicted molar refractivity (Wildman–Crippen MR) is 155 cm³/mol. The number of rotatable bonds is 7. The first kappa shape index (κ1) is 24.5. The number of aromatic nitrogens is 1. The number of hydrogen-bond donors (Lipinski definition) is 2. The molecule has 6 nitrogen and oxygen atoms in total. The summed E-state index contributed by atoms with van der Waals surface area (Å²) in [7, 11) is 0. The van der Waals surface area contributed by atoms with Crippen LogP contribution in [-0.2, 0) is 19.5 Å². The summed E-state index contributed by atoms with van der Waals surface area (Å²) in [6.45, 7) is 2.98. The highest BCUT2D eigenvalue weighted by Crippen LogP contribution is 2.23. The van der Waals surface area contributed by atoms with E-state index in [1.807, 2.05) is 36.4 Å². The van der Waals surface area contributed by atoms with E-state index in [1.54, 1.807) is 36.5 Å². The van der Waals surface area contributed by atoms with E-state index in [-0.39, 0.29) is 11.8 Å². The van der Waals surface area contributed by atoms with Gasteiger partial charge in [-0.2, -0.15) is 0 Å². The van der Waals surface area contributed by atoms with Crippen molar-refractivity contribution in [1.82, 2.24) is 9.88 Å². The standard InChI is InChI=1S/C33H28N4O2/c38-32(27-19-24-7-3-5-11-30(24)34-20-27)36-31-12-6-4-10-29(31)33(39)35-28-15-13-23(14-16-28)17-18-37-21-25-8-1-2-9-26(25)22-37/h1-16,19-20H,17-18,21-22H2,(H,35,39)(H,36,38). The molecule has 0 spiro atoms. The van der Waals surface area contributed by atoms with Crippen molar-refractivity contribution in [3.05, 3.63) is 137 Å². The molecule has 5 aromatic rings. The Labute approximate surface area is 227 Å². The van der Waals surface area contributed by atoms with Crippen LogP contribution in [-0.4, -0.2) is 28.2 Å². The quantitative estimate of drug-likeness (QED) is 0.268. The fraction of sp³-hybridized carbons (Fsp3) is 0.121. The summed E-state index contributed by atoms with van der Waals surface area (Å²) in [6.07, 6.45) is 2.49. The molecule has 1 aliphatic rings. The molecular weight excluding hydrogens is 484 g/mol. The molecule has 0 fully saturated rings. The van der Waals surface area contributed by atoms with Gasteiger partial charge in [0.1, 0.15) is 0 Å². The van der Waals surface area contributed by atoms with Crippen molar-refractivity contribution in [2.75, 3.05) is 17.2 Å². The molecule has 6 heteroatoms. The van der Waals surface area contributed by atoms with Crippen LogP contribution in [0.2, 0.25) is 0 Å². The molecule has 0 atom stereocenters. The van der Waals surface area contributed by atoms with Crippen LogP contribution in [0.25, 0.3) is 10.9 Å². The highest BCUT2D eigenvalue weighted by atomic mass is 16.2. The number of hydrogen-bond acceptors (Lipinski definition) is 4. The first-order valence-corrected chi connectivity index (χ1v) is 13.1. The predicted octanol–water partition coefficient (Wildman–Crippen LogP) is 6.30. The number of amides is 2. The van der Waals surface area contributed by atoms with Crippen molar-refractivity contribution >= 4 is 34.1 Å². The summed E-state index contributed by atoms with van der Waals surface area (Å²) in [6, 6.07) is 33.0. The summed E-state index contributed by atoms with van der Waals surface area (Å²) in [5.41, 5.74) is 6.84. The number of carbonyl (C=O) groups excluding carboxylic acids is 2. The number of anilines is 2. The van der Waals surface area contributed by atoms with Crippen LogP contribution < -0.4 is 10.6 Å². The second-order valence-corrected chi connectivity index (χ2v) is 9.80. The smallest absolute Gasteiger partial charge is 0.257 e. The van der Waals surface area contributed by atoms with Gasteiger partial charge in [0, 0.05) is 36.9 Å². The molecule has 0 unspecified atom stereocenters. The number of carbonyl (C=O) groups is 2. The van der Waals surface area contributed by atoms with Crippen LogP contribution in [0.4, 0.5) is 11.4 Å². The summed E-state index contributed by atoms with van der Waals surface area (Å²) < 4.78 is 0. The molecule has 2 heterocycles. The Balaban J connectivity index is 1.08. The molecule has 4 aromatic carbocycles. The molecule has 0 saturated heterocycles. The lowest BCUT2D eigenvalue weighted by Gasteiger charge is -2.15. The maximum absolute atomic E-state index is 13.1. The van der Waals surface area contributed by atoms with E-state index in [1.165, 1.54) is 16.7 Å². The van der Waals surface area contributed by atoms with Crippen LogP contribution in [0.3, 0.4) is 0 Å². The summed E-state index contributed by atoms with van der Waals surface area (Å²) >= 11 is 0. The van der Waals surface area contributed by atoms with Crippen LogP contribution in [0.5, 0.6) is 0 Å². The van der Waals surface area contributed by atoms with E-state index in [0.29, 0.717) is 22.5 Å². The minimum atomic E-state index is -0.320. The fourth-order valence-electron chi connectivity index (χ4n) is 4.98. The third kappa shape index (κ3) is 5.56. The van der Waals surface area contributed by atoms with Crippen molar-refractivity contribution in [2.24, 2.45) is 0 Å². The van der Waals surface area contributed by atoms with Gasteiger partial charge in [-0.1, -0.05) is 66.7 Å². The molecule has 0 aliphatic carbocycles. The lowest BCUT2D eigenvalue weighted by atomic mass is 10.1. The molecule has 1 aliphatic heterocycles. The van der Waals surface area contributed by atoms with Crippen molar-refractivity contribution < 1.29 is 9.59 Å². The van der Waals surface area contributed by atoms with Gasteiger partial charge < -0.3 is 10.6 Å². The molecule has 0 radical (unpaired) electrons. The Morgan fingerprint density at radius 1 is 0.744 bits per heavy atom. The number of benzene rings is 4. The van der Waals surface area contributed by atoms with Gasteiger partial charge in [0.15, 0.2) is 0 Å². The third-order valence-corrected chi connectivity index (χ3v) is 7.11. The van der Waals surface area contributed by atoms with Gasteiger partial charge in [0.05, 0.1) is 22.3 Å². The topological polar surface area (TPSA) is 74.3 Å². The van der Waals surface area contributed by atoms with E-state index in [0.717, 1.165) is 37.0 Å². The zero-order valence-corrected chi connectivity index (χ0v) is 21.4. The maximum atomic E-state index is 13.1. The zero-order chi connectivity index (χ0) is 26.6. The van der Waals surface area contributed by atoms with E-state index >= 15 is 0 Å². The first-order chi connectivity index (χ1) is 19.1.